The Hall–Kier alpha value is -1.32. The number of nitrogens with zero attached hydrogens (tertiary/aromatic N) is 1. The van der Waals surface area contributed by atoms with E-state index in [0.717, 1.165) is 48.2 Å². The third-order valence-electron chi connectivity index (χ3n) is 4.33. The van der Waals surface area contributed by atoms with Crippen molar-refractivity contribution in [2.45, 2.75) is 19.9 Å². The lowest BCUT2D eigenvalue weighted by molar-refractivity contribution is 0.289. The quantitative estimate of drug-likeness (QED) is 0.920. The second-order valence-corrected chi connectivity index (χ2v) is 5.97. The molecule has 1 aromatic heterocycles. The largest absolute Gasteiger partial charge is 0.459 e. The molecule has 1 fully saturated rings. The van der Waals surface area contributed by atoms with Crippen LogP contribution >= 0.6 is 0 Å². The zero-order chi connectivity index (χ0) is 13.4. The fraction of sp³-hybridized carbons (Fsp3) is 0.500. The summed E-state index contributed by atoms with van der Waals surface area (Å²) >= 11 is 0. The van der Waals surface area contributed by atoms with E-state index in [-0.39, 0.29) is 6.04 Å². The Morgan fingerprint density at radius 1 is 1.26 bits per heavy atom. The van der Waals surface area contributed by atoms with Gasteiger partial charge in [0.05, 0.1) is 6.04 Å². The van der Waals surface area contributed by atoms with Gasteiger partial charge in [-0.25, -0.2) is 0 Å². The van der Waals surface area contributed by atoms with Crippen LogP contribution in [0.1, 0.15) is 25.6 Å². The molecule has 1 aliphatic heterocycles. The number of hydrogen-bond donors (Lipinski definition) is 1. The van der Waals surface area contributed by atoms with E-state index < -0.39 is 0 Å². The van der Waals surface area contributed by atoms with Crippen molar-refractivity contribution in [3.8, 4) is 0 Å². The van der Waals surface area contributed by atoms with Crippen molar-refractivity contribution in [3.05, 3.63) is 36.1 Å². The van der Waals surface area contributed by atoms with E-state index in [2.05, 4.69) is 30.9 Å². The molecule has 3 rings (SSSR count). The Kier molecular flexibility index (Phi) is 3.33. The van der Waals surface area contributed by atoms with Crippen LogP contribution in [0.4, 0.5) is 0 Å². The van der Waals surface area contributed by atoms with Crippen LogP contribution in [-0.4, -0.2) is 24.5 Å². The van der Waals surface area contributed by atoms with Gasteiger partial charge in [-0.15, -0.1) is 0 Å². The van der Waals surface area contributed by atoms with Crippen LogP contribution < -0.4 is 5.73 Å². The standard InChI is InChI=1S/C16H22N2O/c1-11-8-18(9-12(11)2)10-14(17)16-7-13-5-3-4-6-15(13)19-16/h3-7,11-12,14H,8-10,17H2,1-2H3. The number of para-hydroxylation sites is 1. The first kappa shape index (κ1) is 12.7. The van der Waals surface area contributed by atoms with E-state index >= 15 is 0 Å². The Bertz CT molecular complexity index is 520. The van der Waals surface area contributed by atoms with Crippen LogP contribution in [0.2, 0.25) is 0 Å². The minimum Gasteiger partial charge on any atom is -0.459 e. The molecule has 0 spiro atoms. The smallest absolute Gasteiger partial charge is 0.134 e. The number of fused-ring (bicyclic) bond motifs is 1. The van der Waals surface area contributed by atoms with E-state index in [1.807, 2.05) is 18.2 Å². The van der Waals surface area contributed by atoms with Crippen LogP contribution in [0, 0.1) is 11.8 Å². The highest BCUT2D eigenvalue weighted by molar-refractivity contribution is 5.77. The molecule has 0 radical (unpaired) electrons. The van der Waals surface area contributed by atoms with E-state index in [1.165, 1.54) is 0 Å². The lowest BCUT2D eigenvalue weighted by Crippen LogP contribution is -2.30. The first-order valence-electron chi connectivity index (χ1n) is 7.10. The van der Waals surface area contributed by atoms with Gasteiger partial charge in [0, 0.05) is 25.0 Å². The molecule has 3 heteroatoms. The van der Waals surface area contributed by atoms with Gasteiger partial charge in [0.25, 0.3) is 0 Å². The predicted molar refractivity (Wildman–Crippen MR) is 77.9 cm³/mol. The predicted octanol–water partition coefficient (Wildman–Crippen LogP) is 3.02. The SMILES string of the molecule is CC1CN(CC(N)c2cc3ccccc3o2)CC1C. The van der Waals surface area contributed by atoms with Crippen LogP contribution in [-0.2, 0) is 0 Å². The molecular weight excluding hydrogens is 236 g/mol. The molecule has 1 aliphatic rings. The minimum absolute atomic E-state index is 0.0371. The number of hydrogen-bond acceptors (Lipinski definition) is 3. The topological polar surface area (TPSA) is 42.4 Å². The molecule has 102 valence electrons. The lowest BCUT2D eigenvalue weighted by atomic mass is 10.0. The number of benzene rings is 1. The van der Waals surface area contributed by atoms with Crippen molar-refractivity contribution in [2.24, 2.45) is 17.6 Å². The zero-order valence-electron chi connectivity index (χ0n) is 11.7. The van der Waals surface area contributed by atoms with Crippen molar-refractivity contribution in [2.75, 3.05) is 19.6 Å². The molecule has 0 amide bonds. The maximum atomic E-state index is 6.29. The van der Waals surface area contributed by atoms with Crippen molar-refractivity contribution in [3.63, 3.8) is 0 Å². The van der Waals surface area contributed by atoms with E-state index in [9.17, 15) is 0 Å². The zero-order valence-corrected chi connectivity index (χ0v) is 11.7. The van der Waals surface area contributed by atoms with Gasteiger partial charge in [0.2, 0.25) is 0 Å². The van der Waals surface area contributed by atoms with Gasteiger partial charge >= 0.3 is 0 Å². The maximum absolute atomic E-state index is 6.29. The van der Waals surface area contributed by atoms with Crippen LogP contribution in [0.5, 0.6) is 0 Å². The maximum Gasteiger partial charge on any atom is 0.134 e. The summed E-state index contributed by atoms with van der Waals surface area (Å²) in [5.41, 5.74) is 7.22. The fourth-order valence-corrected chi connectivity index (χ4v) is 2.95. The summed E-state index contributed by atoms with van der Waals surface area (Å²) < 4.78 is 5.84. The Morgan fingerprint density at radius 3 is 2.63 bits per heavy atom. The van der Waals surface area contributed by atoms with Gasteiger partial charge < -0.3 is 15.1 Å². The summed E-state index contributed by atoms with van der Waals surface area (Å²) in [4.78, 5) is 2.45. The molecule has 1 aromatic carbocycles. The molecule has 2 aromatic rings. The average Bonchev–Trinajstić information content (AvgIpc) is 2.93. The van der Waals surface area contributed by atoms with E-state index in [0.29, 0.717) is 0 Å². The van der Waals surface area contributed by atoms with Gasteiger partial charge in [-0.3, -0.25) is 0 Å². The second-order valence-electron chi connectivity index (χ2n) is 5.97. The molecule has 3 atom stereocenters. The van der Waals surface area contributed by atoms with E-state index in [4.69, 9.17) is 10.2 Å². The first-order chi connectivity index (χ1) is 9.13. The third-order valence-corrected chi connectivity index (χ3v) is 4.33. The minimum atomic E-state index is -0.0371. The number of nitrogens with two attached hydrogens (primary N) is 1. The van der Waals surface area contributed by atoms with Gasteiger partial charge in [-0.05, 0) is 24.0 Å². The Morgan fingerprint density at radius 2 is 1.95 bits per heavy atom. The lowest BCUT2D eigenvalue weighted by Gasteiger charge is -2.19. The fourth-order valence-electron chi connectivity index (χ4n) is 2.95. The molecule has 0 aliphatic carbocycles. The molecule has 0 saturated carbocycles. The number of furan rings is 1. The Labute approximate surface area is 114 Å². The first-order valence-corrected chi connectivity index (χ1v) is 7.10. The molecule has 0 bridgehead atoms. The molecule has 19 heavy (non-hydrogen) atoms. The molecule has 2 N–H and O–H groups in total. The molecule has 3 unspecified atom stereocenters. The van der Waals surface area contributed by atoms with Crippen LogP contribution in [0.25, 0.3) is 11.0 Å². The third kappa shape index (κ3) is 2.53. The summed E-state index contributed by atoms with van der Waals surface area (Å²) in [6, 6.07) is 10.1. The highest BCUT2D eigenvalue weighted by Crippen LogP contribution is 2.26. The summed E-state index contributed by atoms with van der Waals surface area (Å²) in [6.45, 7) is 7.81. The normalized spacial score (nSPS) is 26.1. The number of likely N-dealkylation sites (tertiary alicyclic amines) is 1. The summed E-state index contributed by atoms with van der Waals surface area (Å²) in [5, 5.41) is 1.14. The highest BCUT2D eigenvalue weighted by Gasteiger charge is 2.27. The van der Waals surface area contributed by atoms with E-state index in [1.54, 1.807) is 0 Å². The van der Waals surface area contributed by atoms with Crippen molar-refractivity contribution in [1.82, 2.24) is 4.90 Å². The van der Waals surface area contributed by atoms with Crippen molar-refractivity contribution < 1.29 is 4.42 Å². The van der Waals surface area contributed by atoms with Gasteiger partial charge in [-0.2, -0.15) is 0 Å². The molecule has 2 heterocycles. The van der Waals surface area contributed by atoms with Crippen molar-refractivity contribution >= 4 is 11.0 Å². The monoisotopic (exact) mass is 258 g/mol. The summed E-state index contributed by atoms with van der Waals surface area (Å²) in [7, 11) is 0. The highest BCUT2D eigenvalue weighted by atomic mass is 16.3. The van der Waals surface area contributed by atoms with Crippen LogP contribution in [0.15, 0.2) is 34.7 Å². The van der Waals surface area contributed by atoms with Gasteiger partial charge in [-0.1, -0.05) is 32.0 Å². The van der Waals surface area contributed by atoms with Gasteiger partial charge in [0.1, 0.15) is 11.3 Å². The summed E-state index contributed by atoms with van der Waals surface area (Å²) in [5.74, 6) is 2.43. The van der Waals surface area contributed by atoms with Gasteiger partial charge in [0.15, 0.2) is 0 Å². The summed E-state index contributed by atoms with van der Waals surface area (Å²) in [6.07, 6.45) is 0. The average molecular weight is 258 g/mol. The second kappa shape index (κ2) is 4.99. The molecular formula is C16H22N2O. The van der Waals surface area contributed by atoms with Crippen LogP contribution in [0.3, 0.4) is 0 Å². The molecule has 1 saturated heterocycles. The Balaban J connectivity index is 1.71. The number of rotatable bonds is 3. The van der Waals surface area contributed by atoms with Crippen molar-refractivity contribution in [1.29, 1.82) is 0 Å². The molecule has 3 nitrogen and oxygen atoms in total.